The second kappa shape index (κ2) is 9.50. The molecule has 1 N–H and O–H groups in total. The van der Waals surface area contributed by atoms with E-state index in [4.69, 9.17) is 16.3 Å². The molecular weight excluding hydrogens is 484 g/mol. The van der Waals surface area contributed by atoms with Crippen molar-refractivity contribution in [2.24, 2.45) is 0 Å². The normalized spacial score (nSPS) is 11.6. The number of methoxy groups -OCH3 is 1. The van der Waals surface area contributed by atoms with Gasteiger partial charge >= 0.3 is 0 Å². The number of benzene rings is 2. The number of rotatable bonds is 8. The number of thiazole rings is 1. The van der Waals surface area contributed by atoms with Crippen molar-refractivity contribution in [3.8, 4) is 10.9 Å². The molecule has 4 rings (SSSR count). The van der Waals surface area contributed by atoms with Gasteiger partial charge in [0, 0.05) is 23.6 Å². The molecule has 0 atom stereocenters. The van der Waals surface area contributed by atoms with Crippen molar-refractivity contribution in [1.82, 2.24) is 14.8 Å². The average molecular weight is 505 g/mol. The second-order valence-corrected chi connectivity index (χ2v) is 10.9. The maximum atomic E-state index is 12.5. The molecule has 0 aliphatic carbocycles. The third-order valence-corrected chi connectivity index (χ3v) is 7.93. The molecule has 11 heteroatoms. The van der Waals surface area contributed by atoms with Crippen LogP contribution in [0.3, 0.4) is 0 Å². The first-order valence-corrected chi connectivity index (χ1v) is 12.9. The lowest BCUT2D eigenvalue weighted by Gasteiger charge is -2.07. The molecule has 0 saturated carbocycles. The van der Waals surface area contributed by atoms with Gasteiger partial charge in [0.05, 0.1) is 33.7 Å². The molecule has 33 heavy (non-hydrogen) atoms. The molecule has 8 nitrogen and oxygen atoms in total. The van der Waals surface area contributed by atoms with E-state index in [9.17, 15) is 13.2 Å². The number of aryl methyl sites for hydroxylation is 1. The highest BCUT2D eigenvalue weighted by Crippen LogP contribution is 2.29. The first kappa shape index (κ1) is 23.2. The summed E-state index contributed by atoms with van der Waals surface area (Å²) in [5.74, 6) is 0.743. The van der Waals surface area contributed by atoms with E-state index in [1.54, 1.807) is 17.9 Å². The van der Waals surface area contributed by atoms with E-state index in [0.717, 1.165) is 10.2 Å². The maximum absolute atomic E-state index is 12.5. The number of carbonyl (C=O) groups excluding carboxylic acids is 1. The molecule has 0 aliphatic rings. The lowest BCUT2D eigenvalue weighted by atomic mass is 10.3. The lowest BCUT2D eigenvalue weighted by Crippen LogP contribution is -2.16. The molecule has 0 radical (unpaired) electrons. The fraction of sp³-hybridized carbons (Fsp3) is 0.227. The van der Waals surface area contributed by atoms with Gasteiger partial charge in [-0.05, 0) is 49.7 Å². The summed E-state index contributed by atoms with van der Waals surface area (Å²) in [6, 6.07) is 13.4. The Morgan fingerprint density at radius 2 is 1.94 bits per heavy atom. The minimum absolute atomic E-state index is 0.0497. The van der Waals surface area contributed by atoms with Crippen LogP contribution in [0.4, 0.5) is 5.82 Å². The summed E-state index contributed by atoms with van der Waals surface area (Å²) in [6.45, 7) is 1.82. The Morgan fingerprint density at radius 1 is 1.18 bits per heavy atom. The van der Waals surface area contributed by atoms with Gasteiger partial charge in [0.15, 0.2) is 9.84 Å². The third-order valence-electron chi connectivity index (χ3n) is 4.85. The summed E-state index contributed by atoms with van der Waals surface area (Å²) >= 11 is 7.25. The van der Waals surface area contributed by atoms with Gasteiger partial charge in [-0.3, -0.25) is 4.79 Å². The van der Waals surface area contributed by atoms with Gasteiger partial charge in [0.25, 0.3) is 0 Å². The molecule has 2 aromatic carbocycles. The van der Waals surface area contributed by atoms with E-state index < -0.39 is 9.84 Å². The lowest BCUT2D eigenvalue weighted by molar-refractivity contribution is -0.116. The Bertz CT molecular complexity index is 1410. The van der Waals surface area contributed by atoms with Crippen molar-refractivity contribution >= 4 is 54.7 Å². The molecule has 2 aromatic heterocycles. The van der Waals surface area contributed by atoms with Crippen LogP contribution in [0, 0.1) is 6.92 Å². The number of hydrogen-bond acceptors (Lipinski definition) is 7. The fourth-order valence-electron chi connectivity index (χ4n) is 3.23. The van der Waals surface area contributed by atoms with Crippen molar-refractivity contribution in [2.75, 3.05) is 18.2 Å². The number of halogens is 1. The number of hydrogen-bond donors (Lipinski definition) is 1. The van der Waals surface area contributed by atoms with E-state index in [1.807, 2.05) is 25.1 Å². The zero-order valence-electron chi connectivity index (χ0n) is 17.9. The van der Waals surface area contributed by atoms with Crippen molar-refractivity contribution in [1.29, 1.82) is 0 Å². The largest absolute Gasteiger partial charge is 0.497 e. The van der Waals surface area contributed by atoms with E-state index in [0.29, 0.717) is 27.4 Å². The van der Waals surface area contributed by atoms with Gasteiger partial charge in [-0.15, -0.1) is 0 Å². The Hall–Kier alpha value is -2.95. The third kappa shape index (κ3) is 5.35. The van der Waals surface area contributed by atoms with Crippen LogP contribution in [0.2, 0.25) is 5.02 Å². The fourth-order valence-corrected chi connectivity index (χ4v) is 5.58. The predicted molar refractivity (Wildman–Crippen MR) is 129 cm³/mol. The van der Waals surface area contributed by atoms with E-state index in [-0.39, 0.29) is 29.4 Å². The van der Waals surface area contributed by atoms with Crippen LogP contribution in [-0.4, -0.2) is 42.0 Å². The molecule has 4 aromatic rings. The summed E-state index contributed by atoms with van der Waals surface area (Å²) in [6.07, 6.45) is 0.235. The molecule has 0 unspecified atom stereocenters. The number of nitrogens with zero attached hydrogens (tertiary/aromatic N) is 3. The van der Waals surface area contributed by atoms with Crippen LogP contribution >= 0.6 is 22.9 Å². The molecule has 172 valence electrons. The molecule has 0 aliphatic heterocycles. The van der Waals surface area contributed by atoms with Crippen LogP contribution in [0.15, 0.2) is 53.4 Å². The standard InChI is InChI=1S/C22H21ClN4O4S2/c1-14-12-20(27(26-14)22-24-18-13-16(31-2)7-10-19(18)32-22)25-21(28)4-3-11-33(29,30)17-8-5-15(23)6-9-17/h5-10,12-13H,3-4,11H2,1-2H3,(H,25,28). The predicted octanol–water partition coefficient (Wildman–Crippen LogP) is 4.65. The maximum Gasteiger partial charge on any atom is 0.225 e. The Kier molecular flexibility index (Phi) is 6.68. The topological polar surface area (TPSA) is 103 Å². The van der Waals surface area contributed by atoms with E-state index >= 15 is 0 Å². The summed E-state index contributed by atoms with van der Waals surface area (Å²) in [5.41, 5.74) is 1.49. The summed E-state index contributed by atoms with van der Waals surface area (Å²) in [4.78, 5) is 17.3. The molecule has 2 heterocycles. The Morgan fingerprint density at radius 3 is 2.67 bits per heavy atom. The number of nitrogens with one attached hydrogen (secondary N) is 1. The summed E-state index contributed by atoms with van der Waals surface area (Å²) in [7, 11) is -1.89. The van der Waals surface area contributed by atoms with Crippen molar-refractivity contribution in [3.63, 3.8) is 0 Å². The molecular formula is C22H21ClN4O4S2. The number of amides is 1. The summed E-state index contributed by atoms with van der Waals surface area (Å²) < 4.78 is 32.7. The second-order valence-electron chi connectivity index (χ2n) is 7.34. The first-order valence-electron chi connectivity index (χ1n) is 10.0. The Balaban J connectivity index is 1.43. The number of sulfone groups is 1. The van der Waals surface area contributed by atoms with Crippen molar-refractivity contribution < 1.29 is 17.9 Å². The number of fused-ring (bicyclic) bond motifs is 1. The van der Waals surface area contributed by atoms with Crippen molar-refractivity contribution in [2.45, 2.75) is 24.7 Å². The molecule has 1 amide bonds. The highest BCUT2D eigenvalue weighted by atomic mass is 35.5. The van der Waals surface area contributed by atoms with Crippen LogP contribution in [0.5, 0.6) is 5.75 Å². The minimum Gasteiger partial charge on any atom is -0.497 e. The monoisotopic (exact) mass is 504 g/mol. The number of ether oxygens (including phenoxy) is 1. The number of anilines is 1. The highest BCUT2D eigenvalue weighted by molar-refractivity contribution is 7.91. The van der Waals surface area contributed by atoms with Gasteiger partial charge in [-0.25, -0.2) is 13.4 Å². The van der Waals surface area contributed by atoms with Crippen molar-refractivity contribution in [3.05, 3.63) is 59.2 Å². The quantitative estimate of drug-likeness (QED) is 0.375. The van der Waals surface area contributed by atoms with E-state index in [2.05, 4.69) is 15.4 Å². The highest BCUT2D eigenvalue weighted by Gasteiger charge is 2.17. The summed E-state index contributed by atoms with van der Waals surface area (Å²) in [5, 5.41) is 8.34. The zero-order valence-corrected chi connectivity index (χ0v) is 20.3. The van der Waals surface area contributed by atoms with Gasteiger partial charge in [-0.1, -0.05) is 22.9 Å². The average Bonchev–Trinajstić information content (AvgIpc) is 3.36. The molecule has 0 spiro atoms. The van der Waals surface area contributed by atoms with Crippen LogP contribution < -0.4 is 10.1 Å². The number of aromatic nitrogens is 3. The SMILES string of the molecule is COc1ccc2sc(-n3nc(C)cc3NC(=O)CCCS(=O)(=O)c3ccc(Cl)cc3)nc2c1. The van der Waals surface area contributed by atoms with E-state index in [1.165, 1.54) is 35.6 Å². The molecule has 0 bridgehead atoms. The van der Waals surface area contributed by atoms with Gasteiger partial charge in [0.2, 0.25) is 11.0 Å². The van der Waals surface area contributed by atoms with Gasteiger partial charge < -0.3 is 10.1 Å². The van der Waals surface area contributed by atoms with Crippen LogP contribution in [0.1, 0.15) is 18.5 Å². The van der Waals surface area contributed by atoms with Gasteiger partial charge in [-0.2, -0.15) is 9.78 Å². The van der Waals surface area contributed by atoms with Gasteiger partial charge in [0.1, 0.15) is 11.6 Å². The first-order chi connectivity index (χ1) is 15.7. The minimum atomic E-state index is -3.49. The molecule has 0 fully saturated rings. The smallest absolute Gasteiger partial charge is 0.225 e. The zero-order chi connectivity index (χ0) is 23.6. The Labute approximate surface area is 200 Å². The van der Waals surface area contributed by atoms with Crippen LogP contribution in [-0.2, 0) is 14.6 Å². The van der Waals surface area contributed by atoms with Crippen LogP contribution in [0.25, 0.3) is 15.3 Å². The molecule has 0 saturated heterocycles. The number of carbonyl (C=O) groups is 1.